The highest BCUT2D eigenvalue weighted by atomic mass is 32.2. The van der Waals surface area contributed by atoms with E-state index < -0.39 is 9.84 Å². The highest BCUT2D eigenvalue weighted by Gasteiger charge is 2.39. The van der Waals surface area contributed by atoms with E-state index in [2.05, 4.69) is 10.6 Å². The molecule has 2 fully saturated rings. The van der Waals surface area contributed by atoms with Crippen molar-refractivity contribution >= 4 is 15.7 Å². The van der Waals surface area contributed by atoms with Crippen LogP contribution in [-0.2, 0) is 14.6 Å². The first-order valence-corrected chi connectivity index (χ1v) is 10.6. The van der Waals surface area contributed by atoms with Crippen molar-refractivity contribution in [3.05, 3.63) is 29.8 Å². The van der Waals surface area contributed by atoms with Crippen LogP contribution in [0.2, 0.25) is 0 Å². The number of rotatable bonds is 2. The summed E-state index contributed by atoms with van der Waals surface area (Å²) in [4.78, 5) is 13.1. The smallest absolute Gasteiger partial charge is 0.237 e. The molecule has 4 rings (SSSR count). The molecule has 1 aromatic rings. The third kappa shape index (κ3) is 2.86. The molecule has 130 valence electrons. The quantitative estimate of drug-likeness (QED) is 0.856. The Kier molecular flexibility index (Phi) is 4.12. The van der Waals surface area contributed by atoms with E-state index in [1.807, 2.05) is 12.1 Å². The van der Waals surface area contributed by atoms with Gasteiger partial charge in [-0.3, -0.25) is 4.79 Å². The molecule has 1 amide bonds. The first-order valence-electron chi connectivity index (χ1n) is 8.93. The first-order chi connectivity index (χ1) is 11.5. The Bertz CT molecular complexity index is 732. The Hall–Kier alpha value is -1.40. The molecule has 3 aliphatic rings. The lowest BCUT2D eigenvalue weighted by Gasteiger charge is -2.27. The third-order valence-electron chi connectivity index (χ3n) is 5.80. The van der Waals surface area contributed by atoms with E-state index in [9.17, 15) is 13.2 Å². The van der Waals surface area contributed by atoms with Gasteiger partial charge in [0.1, 0.15) is 0 Å². The summed E-state index contributed by atoms with van der Waals surface area (Å²) in [6.07, 6.45) is 6.25. The van der Waals surface area contributed by atoms with Gasteiger partial charge in [0, 0.05) is 6.04 Å². The molecule has 1 aromatic carbocycles. The largest absolute Gasteiger partial charge is 0.348 e. The molecule has 0 radical (unpaired) electrons. The fraction of sp³-hybridized carbons (Fsp3) is 0.611. The number of carbonyl (C=O) groups is 1. The average Bonchev–Trinajstić information content (AvgIpc) is 3.02. The zero-order valence-corrected chi connectivity index (χ0v) is 14.5. The van der Waals surface area contributed by atoms with Gasteiger partial charge in [0.2, 0.25) is 5.91 Å². The zero-order chi connectivity index (χ0) is 16.7. The number of fused-ring (bicyclic) bond motifs is 2. The molecule has 0 bridgehead atoms. The van der Waals surface area contributed by atoms with Gasteiger partial charge in [-0.2, -0.15) is 0 Å². The van der Waals surface area contributed by atoms with Gasteiger partial charge in [-0.05, 0) is 43.2 Å². The molecule has 24 heavy (non-hydrogen) atoms. The van der Waals surface area contributed by atoms with E-state index in [0.29, 0.717) is 23.3 Å². The number of benzene rings is 1. The monoisotopic (exact) mass is 348 g/mol. The third-order valence-corrected chi connectivity index (χ3v) is 7.62. The van der Waals surface area contributed by atoms with Crippen LogP contribution in [0.25, 0.3) is 0 Å². The van der Waals surface area contributed by atoms with Gasteiger partial charge in [-0.1, -0.05) is 31.0 Å². The van der Waals surface area contributed by atoms with Gasteiger partial charge >= 0.3 is 0 Å². The van der Waals surface area contributed by atoms with Crippen LogP contribution in [0, 0.1) is 5.92 Å². The molecule has 0 aromatic heterocycles. The van der Waals surface area contributed by atoms with Crippen molar-refractivity contribution in [2.75, 3.05) is 5.75 Å². The first kappa shape index (κ1) is 16.1. The lowest BCUT2D eigenvalue weighted by atomic mass is 9.85. The highest BCUT2D eigenvalue weighted by molar-refractivity contribution is 7.91. The van der Waals surface area contributed by atoms with E-state index in [1.54, 1.807) is 12.1 Å². The molecule has 5 nitrogen and oxygen atoms in total. The Morgan fingerprint density at radius 2 is 1.92 bits per heavy atom. The summed E-state index contributed by atoms with van der Waals surface area (Å²) in [5.41, 5.74) is 0.729. The molecule has 1 saturated heterocycles. The minimum Gasteiger partial charge on any atom is -0.348 e. The van der Waals surface area contributed by atoms with Crippen molar-refractivity contribution in [2.24, 2.45) is 5.92 Å². The summed E-state index contributed by atoms with van der Waals surface area (Å²) >= 11 is 0. The molecular weight excluding hydrogens is 324 g/mol. The van der Waals surface area contributed by atoms with Gasteiger partial charge < -0.3 is 10.6 Å². The molecule has 0 spiro atoms. The molecule has 4 unspecified atom stereocenters. The number of hydrogen-bond donors (Lipinski definition) is 2. The second kappa shape index (κ2) is 6.15. The number of amides is 1. The highest BCUT2D eigenvalue weighted by Crippen LogP contribution is 2.35. The van der Waals surface area contributed by atoms with Crippen molar-refractivity contribution < 1.29 is 13.2 Å². The Labute approximate surface area is 143 Å². The second-order valence-electron chi connectivity index (χ2n) is 7.31. The topological polar surface area (TPSA) is 75.3 Å². The number of sulfone groups is 1. The number of nitrogens with one attached hydrogen (secondary N) is 2. The fourth-order valence-corrected chi connectivity index (χ4v) is 6.15. The molecule has 2 heterocycles. The average molecular weight is 348 g/mol. The Morgan fingerprint density at radius 1 is 1.12 bits per heavy atom. The van der Waals surface area contributed by atoms with Gasteiger partial charge in [-0.25, -0.2) is 8.42 Å². The van der Waals surface area contributed by atoms with E-state index in [1.165, 1.54) is 25.7 Å². The summed E-state index contributed by atoms with van der Waals surface area (Å²) < 4.78 is 24.4. The standard InChI is InChI=1S/C18H24N2O3S/c21-18(16-11-12-5-1-3-7-14(12)19-16)20-15-9-10-24(22,23)17-8-4-2-6-13(15)17/h2,4,6,8,12,14-16,19H,1,3,5,7,9-11H2,(H,20,21). The van der Waals surface area contributed by atoms with E-state index >= 15 is 0 Å². The summed E-state index contributed by atoms with van der Waals surface area (Å²) in [7, 11) is -3.21. The van der Waals surface area contributed by atoms with Crippen LogP contribution in [0.5, 0.6) is 0 Å². The molecule has 2 aliphatic heterocycles. The van der Waals surface area contributed by atoms with Gasteiger partial charge in [0.25, 0.3) is 0 Å². The van der Waals surface area contributed by atoms with Gasteiger partial charge in [-0.15, -0.1) is 0 Å². The molecule has 2 N–H and O–H groups in total. The normalized spacial score (nSPS) is 34.2. The number of carbonyl (C=O) groups excluding carboxylic acids is 1. The minimum absolute atomic E-state index is 0.0171. The lowest BCUT2D eigenvalue weighted by Crippen LogP contribution is -2.45. The predicted octanol–water partition coefficient (Wildman–Crippen LogP) is 1.94. The van der Waals surface area contributed by atoms with Gasteiger partial charge in [0.15, 0.2) is 9.84 Å². The Morgan fingerprint density at radius 3 is 2.75 bits per heavy atom. The second-order valence-corrected chi connectivity index (χ2v) is 9.39. The lowest BCUT2D eigenvalue weighted by molar-refractivity contribution is -0.123. The predicted molar refractivity (Wildman–Crippen MR) is 91.3 cm³/mol. The molecule has 1 saturated carbocycles. The fourth-order valence-electron chi connectivity index (χ4n) is 4.53. The van der Waals surface area contributed by atoms with Crippen LogP contribution in [0.15, 0.2) is 29.2 Å². The SMILES string of the molecule is O=C(NC1CCS(=O)(=O)c2ccccc21)C1CC2CCCCC2N1. The van der Waals surface area contributed by atoms with Crippen molar-refractivity contribution in [2.45, 2.75) is 61.5 Å². The van der Waals surface area contributed by atoms with Crippen molar-refractivity contribution in [3.63, 3.8) is 0 Å². The summed E-state index contributed by atoms with van der Waals surface area (Å²) in [6, 6.07) is 7.17. The van der Waals surface area contributed by atoms with Crippen molar-refractivity contribution in [3.8, 4) is 0 Å². The molecule has 1 aliphatic carbocycles. The number of hydrogen-bond acceptors (Lipinski definition) is 4. The van der Waals surface area contributed by atoms with Crippen LogP contribution < -0.4 is 10.6 Å². The van der Waals surface area contributed by atoms with Crippen LogP contribution in [0.3, 0.4) is 0 Å². The maximum absolute atomic E-state index is 12.7. The minimum atomic E-state index is -3.21. The van der Waals surface area contributed by atoms with Crippen LogP contribution in [0.4, 0.5) is 0 Å². The van der Waals surface area contributed by atoms with Gasteiger partial charge in [0.05, 0.1) is 22.7 Å². The van der Waals surface area contributed by atoms with Crippen molar-refractivity contribution in [1.29, 1.82) is 0 Å². The van der Waals surface area contributed by atoms with Crippen LogP contribution in [0.1, 0.15) is 50.1 Å². The van der Waals surface area contributed by atoms with Crippen LogP contribution >= 0.6 is 0 Å². The van der Waals surface area contributed by atoms with E-state index in [0.717, 1.165) is 12.0 Å². The zero-order valence-electron chi connectivity index (χ0n) is 13.7. The maximum Gasteiger partial charge on any atom is 0.237 e. The van der Waals surface area contributed by atoms with E-state index in [4.69, 9.17) is 0 Å². The van der Waals surface area contributed by atoms with E-state index in [-0.39, 0.29) is 23.7 Å². The summed E-state index contributed by atoms with van der Waals surface area (Å²) in [6.45, 7) is 0. The molecular formula is C18H24N2O3S. The summed E-state index contributed by atoms with van der Waals surface area (Å²) in [5.74, 6) is 0.732. The van der Waals surface area contributed by atoms with Crippen molar-refractivity contribution in [1.82, 2.24) is 10.6 Å². The molecule has 4 atom stereocenters. The maximum atomic E-state index is 12.7. The van der Waals surface area contributed by atoms with Crippen LogP contribution in [-0.4, -0.2) is 32.2 Å². The Balaban J connectivity index is 1.49. The summed E-state index contributed by atoms with van der Waals surface area (Å²) in [5, 5.41) is 6.59. The molecule has 6 heteroatoms.